The summed E-state index contributed by atoms with van der Waals surface area (Å²) in [4.78, 5) is 3.75. The second-order valence-electron chi connectivity index (χ2n) is 4.64. The van der Waals surface area contributed by atoms with Gasteiger partial charge in [-0.3, -0.25) is 0 Å². The van der Waals surface area contributed by atoms with Crippen LogP contribution in [0.4, 0.5) is 5.82 Å². The SMILES string of the molecule is CC(c1ccccc1O)N(C)S(=O)(=O)c1cccnc1N. The molecule has 0 fully saturated rings. The van der Waals surface area contributed by atoms with Gasteiger partial charge in [0.2, 0.25) is 10.0 Å². The van der Waals surface area contributed by atoms with Crippen molar-refractivity contribution in [3.63, 3.8) is 0 Å². The van der Waals surface area contributed by atoms with Gasteiger partial charge < -0.3 is 10.8 Å². The molecule has 1 atom stereocenters. The summed E-state index contributed by atoms with van der Waals surface area (Å²) in [6.45, 7) is 1.69. The lowest BCUT2D eigenvalue weighted by molar-refractivity contribution is 0.381. The number of benzene rings is 1. The molecule has 0 aliphatic heterocycles. The highest BCUT2D eigenvalue weighted by Gasteiger charge is 2.29. The predicted molar refractivity (Wildman–Crippen MR) is 80.1 cm³/mol. The van der Waals surface area contributed by atoms with E-state index in [9.17, 15) is 13.5 Å². The summed E-state index contributed by atoms with van der Waals surface area (Å²) in [5.41, 5.74) is 6.17. The normalized spacial score (nSPS) is 13.3. The summed E-state index contributed by atoms with van der Waals surface area (Å²) < 4.78 is 26.4. The van der Waals surface area contributed by atoms with E-state index in [1.807, 2.05) is 0 Å². The Morgan fingerprint density at radius 3 is 2.52 bits per heavy atom. The van der Waals surface area contributed by atoms with Crippen LogP contribution >= 0.6 is 0 Å². The summed E-state index contributed by atoms with van der Waals surface area (Å²) in [7, 11) is -2.36. The summed E-state index contributed by atoms with van der Waals surface area (Å²) >= 11 is 0. The minimum absolute atomic E-state index is 0.0465. The molecule has 0 saturated heterocycles. The predicted octanol–water partition coefficient (Wildman–Crippen LogP) is 1.75. The number of rotatable bonds is 4. The number of sulfonamides is 1. The zero-order chi connectivity index (χ0) is 15.6. The van der Waals surface area contributed by atoms with Crippen LogP contribution in [-0.4, -0.2) is 29.9 Å². The molecule has 0 aliphatic rings. The first kappa shape index (κ1) is 15.3. The second kappa shape index (κ2) is 5.71. The molecule has 0 bridgehead atoms. The number of phenolic OH excluding ortho intramolecular Hbond substituents is 1. The van der Waals surface area contributed by atoms with Crippen LogP contribution in [0, 0.1) is 0 Å². The summed E-state index contributed by atoms with van der Waals surface area (Å²) in [5.74, 6) is 0.0000391. The first-order valence-electron chi connectivity index (χ1n) is 6.32. The van der Waals surface area contributed by atoms with Gasteiger partial charge in [-0.25, -0.2) is 13.4 Å². The Labute approximate surface area is 123 Å². The first-order valence-corrected chi connectivity index (χ1v) is 7.76. The lowest BCUT2D eigenvalue weighted by Crippen LogP contribution is -2.30. The molecule has 1 unspecified atom stereocenters. The lowest BCUT2D eigenvalue weighted by atomic mass is 10.1. The fraction of sp³-hybridized carbons (Fsp3) is 0.214. The van der Waals surface area contributed by atoms with Crippen molar-refractivity contribution in [3.8, 4) is 5.75 Å². The van der Waals surface area contributed by atoms with Crippen molar-refractivity contribution in [2.24, 2.45) is 0 Å². The highest BCUT2D eigenvalue weighted by molar-refractivity contribution is 7.89. The van der Waals surface area contributed by atoms with E-state index in [0.29, 0.717) is 5.56 Å². The molecule has 7 heteroatoms. The van der Waals surface area contributed by atoms with Crippen LogP contribution in [0.5, 0.6) is 5.75 Å². The first-order chi connectivity index (χ1) is 9.85. The number of anilines is 1. The molecule has 2 rings (SSSR count). The van der Waals surface area contributed by atoms with Crippen LogP contribution in [0.1, 0.15) is 18.5 Å². The van der Waals surface area contributed by atoms with Crippen molar-refractivity contribution in [2.45, 2.75) is 17.9 Å². The van der Waals surface area contributed by atoms with E-state index in [0.717, 1.165) is 4.31 Å². The van der Waals surface area contributed by atoms with Crippen LogP contribution in [0.15, 0.2) is 47.5 Å². The molecule has 3 N–H and O–H groups in total. The molecule has 0 amide bonds. The molecule has 0 radical (unpaired) electrons. The Kier molecular flexibility index (Phi) is 4.15. The lowest BCUT2D eigenvalue weighted by Gasteiger charge is -2.25. The topological polar surface area (TPSA) is 96.5 Å². The van der Waals surface area contributed by atoms with Crippen LogP contribution < -0.4 is 5.73 Å². The summed E-state index contributed by atoms with van der Waals surface area (Å²) in [6.07, 6.45) is 1.43. The number of nitrogens with two attached hydrogens (primary N) is 1. The van der Waals surface area contributed by atoms with Gasteiger partial charge in [-0.15, -0.1) is 0 Å². The number of hydrogen-bond donors (Lipinski definition) is 2. The van der Waals surface area contributed by atoms with Gasteiger partial charge in [0, 0.05) is 18.8 Å². The molecule has 0 spiro atoms. The third kappa shape index (κ3) is 2.84. The maximum Gasteiger partial charge on any atom is 0.247 e. The third-order valence-electron chi connectivity index (χ3n) is 3.39. The Morgan fingerprint density at radius 2 is 1.90 bits per heavy atom. The molecule has 112 valence electrons. The van der Waals surface area contributed by atoms with Crippen LogP contribution in [0.3, 0.4) is 0 Å². The average Bonchev–Trinajstić information content (AvgIpc) is 2.46. The monoisotopic (exact) mass is 307 g/mol. The molecule has 6 nitrogen and oxygen atoms in total. The van der Waals surface area contributed by atoms with E-state index in [1.165, 1.54) is 31.4 Å². The molecular formula is C14H17N3O3S. The van der Waals surface area contributed by atoms with Crippen LogP contribution in [0.25, 0.3) is 0 Å². The van der Waals surface area contributed by atoms with Gasteiger partial charge >= 0.3 is 0 Å². The Balaban J connectivity index is 2.42. The van der Waals surface area contributed by atoms with E-state index in [4.69, 9.17) is 5.73 Å². The van der Waals surface area contributed by atoms with Crippen LogP contribution in [-0.2, 0) is 10.0 Å². The van der Waals surface area contributed by atoms with Crippen molar-refractivity contribution in [1.82, 2.24) is 9.29 Å². The minimum Gasteiger partial charge on any atom is -0.508 e. The van der Waals surface area contributed by atoms with Crippen molar-refractivity contribution in [1.29, 1.82) is 0 Å². The minimum atomic E-state index is -3.80. The number of phenols is 1. The number of para-hydroxylation sites is 1. The standard InChI is InChI=1S/C14H17N3O3S/c1-10(11-6-3-4-7-12(11)18)17(2)21(19,20)13-8-5-9-16-14(13)15/h3-10,18H,1-2H3,(H2,15,16). The van der Waals surface area contributed by atoms with Gasteiger partial charge in [-0.05, 0) is 25.1 Å². The van der Waals surface area contributed by atoms with Crippen molar-refractivity contribution < 1.29 is 13.5 Å². The number of aromatic nitrogens is 1. The van der Waals surface area contributed by atoms with E-state index < -0.39 is 16.1 Å². The van der Waals surface area contributed by atoms with E-state index in [1.54, 1.807) is 25.1 Å². The fourth-order valence-corrected chi connectivity index (χ4v) is 3.43. The van der Waals surface area contributed by atoms with E-state index in [2.05, 4.69) is 4.98 Å². The zero-order valence-electron chi connectivity index (χ0n) is 11.8. The molecule has 1 aromatic carbocycles. The Bertz CT molecular complexity index is 747. The van der Waals surface area contributed by atoms with Gasteiger partial charge in [0.15, 0.2) is 0 Å². The number of nitrogens with zero attached hydrogens (tertiary/aromatic N) is 2. The van der Waals surface area contributed by atoms with Gasteiger partial charge in [0.1, 0.15) is 16.5 Å². The maximum absolute atomic E-state index is 12.6. The Morgan fingerprint density at radius 1 is 1.24 bits per heavy atom. The smallest absolute Gasteiger partial charge is 0.247 e. The molecule has 2 aromatic rings. The van der Waals surface area contributed by atoms with Crippen molar-refractivity contribution in [2.75, 3.05) is 12.8 Å². The molecule has 0 saturated carbocycles. The summed E-state index contributed by atoms with van der Waals surface area (Å²) in [6, 6.07) is 9.00. The quantitative estimate of drug-likeness (QED) is 0.897. The summed E-state index contributed by atoms with van der Waals surface area (Å²) in [5, 5.41) is 9.86. The maximum atomic E-state index is 12.6. The highest BCUT2D eigenvalue weighted by Crippen LogP contribution is 2.31. The molecule has 1 heterocycles. The van der Waals surface area contributed by atoms with E-state index in [-0.39, 0.29) is 16.5 Å². The molecule has 1 aromatic heterocycles. The van der Waals surface area contributed by atoms with E-state index >= 15 is 0 Å². The number of hydrogen-bond acceptors (Lipinski definition) is 5. The number of nitrogen functional groups attached to an aromatic ring is 1. The molecule has 21 heavy (non-hydrogen) atoms. The van der Waals surface area contributed by atoms with Crippen molar-refractivity contribution >= 4 is 15.8 Å². The van der Waals surface area contributed by atoms with Gasteiger partial charge in [0.25, 0.3) is 0 Å². The zero-order valence-corrected chi connectivity index (χ0v) is 12.6. The third-order valence-corrected chi connectivity index (χ3v) is 5.36. The Hall–Kier alpha value is -2.12. The fourth-order valence-electron chi connectivity index (χ4n) is 2.02. The highest BCUT2D eigenvalue weighted by atomic mass is 32.2. The van der Waals surface area contributed by atoms with Gasteiger partial charge in [-0.2, -0.15) is 4.31 Å². The molecule has 0 aliphatic carbocycles. The van der Waals surface area contributed by atoms with Gasteiger partial charge in [0.05, 0.1) is 6.04 Å². The second-order valence-corrected chi connectivity index (χ2v) is 6.61. The largest absolute Gasteiger partial charge is 0.508 e. The van der Waals surface area contributed by atoms with Crippen LogP contribution in [0.2, 0.25) is 0 Å². The van der Waals surface area contributed by atoms with Crippen molar-refractivity contribution in [3.05, 3.63) is 48.2 Å². The average molecular weight is 307 g/mol. The number of aromatic hydroxyl groups is 1. The molecular weight excluding hydrogens is 290 g/mol. The number of pyridine rings is 1. The van der Waals surface area contributed by atoms with Gasteiger partial charge in [-0.1, -0.05) is 18.2 Å².